The molecule has 0 aliphatic heterocycles. The summed E-state index contributed by atoms with van der Waals surface area (Å²) in [4.78, 5) is 24.1. The summed E-state index contributed by atoms with van der Waals surface area (Å²) in [5, 5.41) is 7.81. The smallest absolute Gasteiger partial charge is 0.319 e. The van der Waals surface area contributed by atoms with Gasteiger partial charge in [-0.05, 0) is 49.7 Å². The lowest BCUT2D eigenvalue weighted by Crippen LogP contribution is -2.43. The molecule has 150 valence electrons. The van der Waals surface area contributed by atoms with Crippen molar-refractivity contribution in [3.05, 3.63) is 53.3 Å². The summed E-state index contributed by atoms with van der Waals surface area (Å²) < 4.78 is 24.3. The summed E-state index contributed by atoms with van der Waals surface area (Å²) in [6, 6.07) is 8.63. The van der Waals surface area contributed by atoms with Gasteiger partial charge in [0.1, 0.15) is 5.82 Å². The normalized spacial score (nSPS) is 10.8. The van der Waals surface area contributed by atoms with Crippen molar-refractivity contribution in [2.75, 3.05) is 26.6 Å². The Morgan fingerprint density at radius 1 is 1.00 bits per heavy atom. The van der Waals surface area contributed by atoms with Gasteiger partial charge < -0.3 is 25.4 Å². The van der Waals surface area contributed by atoms with Gasteiger partial charge >= 0.3 is 6.03 Å². The second kappa shape index (κ2) is 8.60. The van der Waals surface area contributed by atoms with Gasteiger partial charge in [0.2, 0.25) is 0 Å². The van der Waals surface area contributed by atoms with Crippen molar-refractivity contribution in [3.8, 4) is 11.5 Å². The lowest BCUT2D eigenvalue weighted by atomic mass is 9.94. The minimum absolute atomic E-state index is 0.153. The molecule has 7 nitrogen and oxygen atoms in total. The largest absolute Gasteiger partial charge is 0.493 e. The van der Waals surface area contributed by atoms with Crippen molar-refractivity contribution >= 4 is 17.6 Å². The average Bonchev–Trinajstić information content (AvgIpc) is 2.67. The van der Waals surface area contributed by atoms with Gasteiger partial charge in [-0.1, -0.05) is 6.07 Å². The molecule has 0 unspecified atom stereocenters. The molecule has 2 rings (SSSR count). The van der Waals surface area contributed by atoms with Crippen molar-refractivity contribution in [2.24, 2.45) is 0 Å². The number of ether oxygens (including phenoxy) is 2. The molecule has 0 aliphatic rings. The lowest BCUT2D eigenvalue weighted by molar-refractivity contribution is 0.0959. The van der Waals surface area contributed by atoms with Crippen LogP contribution in [0.1, 0.15) is 29.8 Å². The SMILES string of the molecule is CNC(=O)c1cc(NC(=O)NC(C)(C)c2ccc(OC)c(OC)c2)ccc1F. The second-order valence-electron chi connectivity index (χ2n) is 6.55. The van der Waals surface area contributed by atoms with Gasteiger partial charge in [0.05, 0.1) is 25.3 Å². The second-order valence-corrected chi connectivity index (χ2v) is 6.55. The van der Waals surface area contributed by atoms with Gasteiger partial charge in [-0.25, -0.2) is 9.18 Å². The highest BCUT2D eigenvalue weighted by molar-refractivity contribution is 5.97. The summed E-state index contributed by atoms with van der Waals surface area (Å²) in [6.07, 6.45) is 0. The first-order valence-corrected chi connectivity index (χ1v) is 8.55. The molecule has 0 aliphatic carbocycles. The number of nitrogens with one attached hydrogen (secondary N) is 3. The molecule has 0 atom stereocenters. The Morgan fingerprint density at radius 3 is 2.29 bits per heavy atom. The molecular formula is C20H24FN3O4. The first kappa shape index (κ1) is 21.0. The zero-order valence-electron chi connectivity index (χ0n) is 16.5. The van der Waals surface area contributed by atoms with E-state index < -0.39 is 23.3 Å². The number of carbonyl (C=O) groups is 2. The van der Waals surface area contributed by atoms with E-state index in [4.69, 9.17) is 9.47 Å². The quantitative estimate of drug-likeness (QED) is 0.708. The summed E-state index contributed by atoms with van der Waals surface area (Å²) in [7, 11) is 4.48. The summed E-state index contributed by atoms with van der Waals surface area (Å²) in [5.74, 6) is -0.119. The Kier molecular flexibility index (Phi) is 6.45. The van der Waals surface area contributed by atoms with Crippen LogP contribution in [0, 0.1) is 5.82 Å². The molecule has 2 aromatic rings. The van der Waals surface area contributed by atoms with Gasteiger partial charge in [0.25, 0.3) is 5.91 Å². The molecule has 28 heavy (non-hydrogen) atoms. The maximum absolute atomic E-state index is 13.8. The van der Waals surface area contributed by atoms with Gasteiger partial charge in [0, 0.05) is 12.7 Å². The van der Waals surface area contributed by atoms with E-state index in [1.54, 1.807) is 19.2 Å². The molecule has 0 bridgehead atoms. The summed E-state index contributed by atoms with van der Waals surface area (Å²) in [5.41, 5.74) is 0.193. The molecule has 3 N–H and O–H groups in total. The van der Waals surface area contributed by atoms with Crippen LogP contribution in [0.4, 0.5) is 14.9 Å². The van der Waals surface area contributed by atoms with Crippen LogP contribution in [0.25, 0.3) is 0 Å². The third-order valence-electron chi connectivity index (χ3n) is 4.23. The number of anilines is 1. The zero-order valence-corrected chi connectivity index (χ0v) is 16.5. The average molecular weight is 389 g/mol. The zero-order chi connectivity index (χ0) is 20.9. The fourth-order valence-electron chi connectivity index (χ4n) is 2.66. The van der Waals surface area contributed by atoms with Crippen LogP contribution >= 0.6 is 0 Å². The standard InChI is InChI=1S/C20H24FN3O4/c1-20(2,12-6-9-16(27-4)17(10-12)28-5)24-19(26)23-13-7-8-15(21)14(11-13)18(25)22-3/h6-11H,1-5H3,(H,22,25)(H2,23,24,26). The van der Waals surface area contributed by atoms with Crippen molar-refractivity contribution in [1.29, 1.82) is 0 Å². The van der Waals surface area contributed by atoms with Crippen LogP contribution in [-0.2, 0) is 5.54 Å². The highest BCUT2D eigenvalue weighted by atomic mass is 19.1. The maximum atomic E-state index is 13.8. The number of hydrogen-bond donors (Lipinski definition) is 3. The predicted molar refractivity (Wildman–Crippen MR) is 105 cm³/mol. The van der Waals surface area contributed by atoms with Gasteiger partial charge in [-0.15, -0.1) is 0 Å². The molecule has 0 saturated carbocycles. The molecular weight excluding hydrogens is 365 g/mol. The summed E-state index contributed by atoms with van der Waals surface area (Å²) >= 11 is 0. The first-order valence-electron chi connectivity index (χ1n) is 8.55. The number of halogens is 1. The fourth-order valence-corrected chi connectivity index (χ4v) is 2.66. The number of hydrogen-bond acceptors (Lipinski definition) is 4. The van der Waals surface area contributed by atoms with Crippen LogP contribution in [0.15, 0.2) is 36.4 Å². The van der Waals surface area contributed by atoms with E-state index in [2.05, 4.69) is 16.0 Å². The maximum Gasteiger partial charge on any atom is 0.319 e. The molecule has 0 heterocycles. The molecule has 0 radical (unpaired) electrons. The Hall–Kier alpha value is -3.29. The highest BCUT2D eigenvalue weighted by Gasteiger charge is 2.24. The van der Waals surface area contributed by atoms with Gasteiger partial charge in [-0.3, -0.25) is 4.79 Å². The third kappa shape index (κ3) is 4.70. The monoisotopic (exact) mass is 389 g/mol. The number of amides is 3. The molecule has 0 fully saturated rings. The van der Waals surface area contributed by atoms with E-state index in [1.807, 2.05) is 19.9 Å². The van der Waals surface area contributed by atoms with Crippen molar-refractivity contribution in [2.45, 2.75) is 19.4 Å². The van der Waals surface area contributed by atoms with Crippen molar-refractivity contribution in [3.63, 3.8) is 0 Å². The van der Waals surface area contributed by atoms with Gasteiger partial charge in [0.15, 0.2) is 11.5 Å². The van der Waals surface area contributed by atoms with Crippen LogP contribution in [0.5, 0.6) is 11.5 Å². The Balaban J connectivity index is 2.17. The molecule has 8 heteroatoms. The minimum Gasteiger partial charge on any atom is -0.493 e. The number of rotatable bonds is 6. The number of urea groups is 1. The van der Waals surface area contributed by atoms with E-state index in [0.29, 0.717) is 17.2 Å². The van der Waals surface area contributed by atoms with E-state index in [1.165, 1.54) is 26.3 Å². The Morgan fingerprint density at radius 2 is 1.68 bits per heavy atom. The lowest BCUT2D eigenvalue weighted by Gasteiger charge is -2.27. The molecule has 0 spiro atoms. The van der Waals surface area contributed by atoms with Crippen molar-refractivity contribution < 1.29 is 23.5 Å². The van der Waals surface area contributed by atoms with Crippen LogP contribution in [-0.4, -0.2) is 33.2 Å². The Bertz CT molecular complexity index is 884. The minimum atomic E-state index is -0.743. The van der Waals surface area contributed by atoms with E-state index >= 15 is 0 Å². The van der Waals surface area contributed by atoms with Crippen LogP contribution in [0.2, 0.25) is 0 Å². The predicted octanol–water partition coefficient (Wildman–Crippen LogP) is 3.26. The van der Waals surface area contributed by atoms with E-state index in [0.717, 1.165) is 11.6 Å². The number of carbonyl (C=O) groups excluding carboxylic acids is 2. The van der Waals surface area contributed by atoms with Gasteiger partial charge in [-0.2, -0.15) is 0 Å². The topological polar surface area (TPSA) is 88.7 Å². The van der Waals surface area contributed by atoms with Crippen molar-refractivity contribution in [1.82, 2.24) is 10.6 Å². The molecule has 2 aromatic carbocycles. The Labute approximate surface area is 163 Å². The van der Waals surface area contributed by atoms with E-state index in [9.17, 15) is 14.0 Å². The third-order valence-corrected chi connectivity index (χ3v) is 4.23. The molecule has 0 aromatic heterocycles. The number of benzene rings is 2. The molecule has 0 saturated heterocycles. The fraction of sp³-hybridized carbons (Fsp3) is 0.300. The first-order chi connectivity index (χ1) is 13.2. The summed E-state index contributed by atoms with van der Waals surface area (Å²) in [6.45, 7) is 3.66. The van der Waals surface area contributed by atoms with Crippen LogP contribution in [0.3, 0.4) is 0 Å². The number of methoxy groups -OCH3 is 2. The highest BCUT2D eigenvalue weighted by Crippen LogP contribution is 2.32. The molecule has 3 amide bonds. The van der Waals surface area contributed by atoms with E-state index in [-0.39, 0.29) is 5.56 Å². The van der Waals surface area contributed by atoms with Crippen LogP contribution < -0.4 is 25.4 Å².